The average Bonchev–Trinajstić information content (AvgIpc) is 2.45. The van der Waals surface area contributed by atoms with Crippen LogP contribution in [0.3, 0.4) is 0 Å². The lowest BCUT2D eigenvalue weighted by Crippen LogP contribution is -2.09. The van der Waals surface area contributed by atoms with Gasteiger partial charge in [-0.05, 0) is 37.1 Å². The van der Waals surface area contributed by atoms with Gasteiger partial charge in [-0.2, -0.15) is 0 Å². The third kappa shape index (κ3) is 3.95. The summed E-state index contributed by atoms with van der Waals surface area (Å²) >= 11 is 0. The number of rotatable bonds is 4. The second-order valence-electron chi connectivity index (χ2n) is 5.31. The summed E-state index contributed by atoms with van der Waals surface area (Å²) in [6.45, 7) is 3.88. The van der Waals surface area contributed by atoms with Crippen molar-refractivity contribution in [1.82, 2.24) is 0 Å². The number of sulfone groups is 1. The average molecular weight is 318 g/mol. The van der Waals surface area contributed by atoms with Crippen LogP contribution in [0.2, 0.25) is 0 Å². The Balaban J connectivity index is 2.17. The molecule has 0 saturated carbocycles. The molecule has 0 saturated heterocycles. The van der Waals surface area contributed by atoms with Crippen LogP contribution in [0.1, 0.15) is 27.0 Å². The summed E-state index contributed by atoms with van der Waals surface area (Å²) in [6.07, 6.45) is 1.11. The quantitative estimate of drug-likeness (QED) is 0.813. The minimum absolute atomic E-state index is 0.111. The molecular formula is C17H18O4S. The maximum absolute atomic E-state index is 12.2. The zero-order valence-corrected chi connectivity index (χ0v) is 13.6. The van der Waals surface area contributed by atoms with Crippen molar-refractivity contribution in [3.8, 4) is 0 Å². The van der Waals surface area contributed by atoms with E-state index in [0.29, 0.717) is 5.56 Å². The second-order valence-corrected chi connectivity index (χ2v) is 7.33. The zero-order chi connectivity index (χ0) is 16.3. The first-order chi connectivity index (χ1) is 10.3. The van der Waals surface area contributed by atoms with Crippen molar-refractivity contribution in [2.45, 2.75) is 25.3 Å². The van der Waals surface area contributed by atoms with Crippen molar-refractivity contribution in [2.24, 2.45) is 0 Å². The Bertz CT molecular complexity index is 790. The predicted octanol–water partition coefficient (Wildman–Crippen LogP) is 3.06. The van der Waals surface area contributed by atoms with Crippen LogP contribution in [0.4, 0.5) is 0 Å². The Kier molecular flexibility index (Phi) is 4.66. The fourth-order valence-electron chi connectivity index (χ4n) is 1.96. The molecule has 0 heterocycles. The molecule has 0 aliphatic rings. The molecule has 0 aliphatic carbocycles. The number of ether oxygens (including phenoxy) is 1. The summed E-state index contributed by atoms with van der Waals surface area (Å²) in [5.74, 6) is -0.524. The fourth-order valence-corrected chi connectivity index (χ4v) is 2.61. The van der Waals surface area contributed by atoms with Gasteiger partial charge in [0.05, 0.1) is 10.5 Å². The number of hydrogen-bond donors (Lipinski definition) is 0. The van der Waals surface area contributed by atoms with Gasteiger partial charge >= 0.3 is 5.97 Å². The number of esters is 1. The van der Waals surface area contributed by atoms with Gasteiger partial charge in [0, 0.05) is 6.26 Å². The van der Waals surface area contributed by atoms with Gasteiger partial charge < -0.3 is 4.74 Å². The van der Waals surface area contributed by atoms with Crippen molar-refractivity contribution in [3.05, 3.63) is 64.7 Å². The smallest absolute Gasteiger partial charge is 0.338 e. The van der Waals surface area contributed by atoms with Gasteiger partial charge in [-0.15, -0.1) is 0 Å². The largest absolute Gasteiger partial charge is 0.457 e. The van der Waals surface area contributed by atoms with E-state index in [1.54, 1.807) is 13.0 Å². The standard InChI is InChI=1S/C17H18O4S/c1-12-4-7-14(8-5-12)11-21-17(18)16-10-15(22(3,19)20)9-6-13(16)2/h4-10H,11H2,1-3H3. The van der Waals surface area contributed by atoms with Crippen molar-refractivity contribution in [1.29, 1.82) is 0 Å². The molecule has 2 rings (SSSR count). The van der Waals surface area contributed by atoms with Crippen LogP contribution in [0, 0.1) is 13.8 Å². The molecule has 0 bridgehead atoms. The summed E-state index contributed by atoms with van der Waals surface area (Å²) in [7, 11) is -3.36. The SMILES string of the molecule is Cc1ccc(COC(=O)c2cc(S(C)(=O)=O)ccc2C)cc1. The van der Waals surface area contributed by atoms with E-state index in [4.69, 9.17) is 4.74 Å². The maximum Gasteiger partial charge on any atom is 0.338 e. The Hall–Kier alpha value is -2.14. The molecule has 5 heteroatoms. The number of carbonyl (C=O) groups is 1. The van der Waals surface area contributed by atoms with Gasteiger partial charge in [-0.3, -0.25) is 0 Å². The van der Waals surface area contributed by atoms with Crippen LogP contribution in [0.5, 0.6) is 0 Å². The molecule has 0 radical (unpaired) electrons. The Morgan fingerprint density at radius 3 is 2.27 bits per heavy atom. The van der Waals surface area contributed by atoms with E-state index >= 15 is 0 Å². The van der Waals surface area contributed by atoms with E-state index in [-0.39, 0.29) is 17.1 Å². The molecule has 0 spiro atoms. The van der Waals surface area contributed by atoms with Gasteiger partial charge in [-0.1, -0.05) is 35.9 Å². The first-order valence-corrected chi connectivity index (χ1v) is 8.70. The Labute approximate surface area is 130 Å². The second kappa shape index (κ2) is 6.32. The van der Waals surface area contributed by atoms with Crippen LogP contribution < -0.4 is 0 Å². The van der Waals surface area contributed by atoms with Gasteiger partial charge in [-0.25, -0.2) is 13.2 Å². The predicted molar refractivity (Wildman–Crippen MR) is 84.6 cm³/mol. The summed E-state index contributed by atoms with van der Waals surface area (Å²) in [6, 6.07) is 12.1. The minimum Gasteiger partial charge on any atom is -0.457 e. The normalized spacial score (nSPS) is 11.2. The highest BCUT2D eigenvalue weighted by Gasteiger charge is 2.15. The van der Waals surface area contributed by atoms with Crippen LogP contribution >= 0.6 is 0 Å². The topological polar surface area (TPSA) is 60.4 Å². The Morgan fingerprint density at radius 2 is 1.68 bits per heavy atom. The molecule has 0 atom stereocenters. The van der Waals surface area contributed by atoms with Gasteiger partial charge in [0.15, 0.2) is 9.84 Å². The molecule has 2 aromatic rings. The highest BCUT2D eigenvalue weighted by atomic mass is 32.2. The lowest BCUT2D eigenvalue weighted by atomic mass is 10.1. The van der Waals surface area contributed by atoms with E-state index in [1.165, 1.54) is 12.1 Å². The molecule has 116 valence electrons. The van der Waals surface area contributed by atoms with Crippen molar-refractivity contribution < 1.29 is 17.9 Å². The third-order valence-corrected chi connectivity index (χ3v) is 4.46. The molecule has 0 aliphatic heterocycles. The molecule has 4 nitrogen and oxygen atoms in total. The molecule has 2 aromatic carbocycles. The summed E-state index contributed by atoms with van der Waals surface area (Å²) in [4.78, 5) is 12.3. The molecule has 0 aromatic heterocycles. The molecule has 22 heavy (non-hydrogen) atoms. The van der Waals surface area contributed by atoms with Gasteiger partial charge in [0.2, 0.25) is 0 Å². The summed E-state index contributed by atoms with van der Waals surface area (Å²) in [5.41, 5.74) is 2.97. The van der Waals surface area contributed by atoms with Crippen LogP contribution in [0.15, 0.2) is 47.4 Å². The van der Waals surface area contributed by atoms with E-state index in [0.717, 1.165) is 17.4 Å². The molecule has 0 N–H and O–H groups in total. The van der Waals surface area contributed by atoms with Crippen LogP contribution in [-0.4, -0.2) is 20.6 Å². The monoisotopic (exact) mass is 318 g/mol. The molecular weight excluding hydrogens is 300 g/mol. The lowest BCUT2D eigenvalue weighted by molar-refractivity contribution is 0.0471. The minimum atomic E-state index is -3.36. The molecule has 0 unspecified atom stereocenters. The van der Waals surface area contributed by atoms with Crippen molar-refractivity contribution in [2.75, 3.05) is 6.26 Å². The fraction of sp³-hybridized carbons (Fsp3) is 0.235. The van der Waals surface area contributed by atoms with E-state index in [9.17, 15) is 13.2 Å². The number of aryl methyl sites for hydroxylation is 2. The van der Waals surface area contributed by atoms with Crippen LogP contribution in [0.25, 0.3) is 0 Å². The van der Waals surface area contributed by atoms with Crippen molar-refractivity contribution >= 4 is 15.8 Å². The Morgan fingerprint density at radius 1 is 1.05 bits per heavy atom. The molecule has 0 fully saturated rings. The number of benzene rings is 2. The lowest BCUT2D eigenvalue weighted by Gasteiger charge is -2.09. The van der Waals surface area contributed by atoms with Crippen molar-refractivity contribution in [3.63, 3.8) is 0 Å². The first-order valence-electron chi connectivity index (χ1n) is 6.81. The van der Waals surface area contributed by atoms with Crippen LogP contribution in [-0.2, 0) is 21.2 Å². The van der Waals surface area contributed by atoms with E-state index < -0.39 is 15.8 Å². The summed E-state index contributed by atoms with van der Waals surface area (Å²) < 4.78 is 28.4. The zero-order valence-electron chi connectivity index (χ0n) is 12.8. The number of hydrogen-bond acceptors (Lipinski definition) is 4. The summed E-state index contributed by atoms with van der Waals surface area (Å²) in [5, 5.41) is 0. The highest BCUT2D eigenvalue weighted by Crippen LogP contribution is 2.17. The van der Waals surface area contributed by atoms with E-state index in [2.05, 4.69) is 0 Å². The molecule has 0 amide bonds. The van der Waals surface area contributed by atoms with Gasteiger partial charge in [0.25, 0.3) is 0 Å². The first kappa shape index (κ1) is 16.2. The van der Waals surface area contributed by atoms with Gasteiger partial charge in [0.1, 0.15) is 6.61 Å². The van der Waals surface area contributed by atoms with E-state index in [1.807, 2.05) is 31.2 Å². The highest BCUT2D eigenvalue weighted by molar-refractivity contribution is 7.90. The number of carbonyl (C=O) groups excluding carboxylic acids is 1. The maximum atomic E-state index is 12.2. The third-order valence-electron chi connectivity index (χ3n) is 3.35.